The maximum absolute atomic E-state index is 12.3. The minimum atomic E-state index is -0.306. The molecule has 0 saturated carbocycles. The maximum atomic E-state index is 12.3. The first kappa shape index (κ1) is 17.2. The van der Waals surface area contributed by atoms with Crippen molar-refractivity contribution in [2.45, 2.75) is 18.9 Å². The molecule has 2 aromatic carbocycles. The van der Waals surface area contributed by atoms with Crippen molar-refractivity contribution in [3.05, 3.63) is 65.7 Å². The number of likely N-dealkylation sites (tertiary alicyclic amines) is 1. The van der Waals surface area contributed by atoms with Crippen LogP contribution in [-0.4, -0.2) is 47.5 Å². The minimum Gasteiger partial charge on any atom is -0.484 e. The van der Waals surface area contributed by atoms with E-state index in [1.54, 1.807) is 41.3 Å². The largest absolute Gasteiger partial charge is 0.484 e. The number of hydrogen-bond donors (Lipinski definition) is 1. The summed E-state index contributed by atoms with van der Waals surface area (Å²) in [4.78, 5) is 26.1. The molecule has 0 aliphatic carbocycles. The topological polar surface area (TPSA) is 66.8 Å². The summed E-state index contributed by atoms with van der Waals surface area (Å²) in [6.45, 7) is 1.09. The Morgan fingerprint density at radius 2 is 1.56 bits per heavy atom. The number of nitrogens with zero attached hydrogens (tertiary/aromatic N) is 1. The van der Waals surface area contributed by atoms with Gasteiger partial charge < -0.3 is 14.7 Å². The summed E-state index contributed by atoms with van der Waals surface area (Å²) < 4.78 is 5.52. The summed E-state index contributed by atoms with van der Waals surface area (Å²) in [6, 6.07) is 15.9. The normalized spacial score (nSPS) is 15.0. The molecule has 1 heterocycles. The monoisotopic (exact) mass is 339 g/mol. The lowest BCUT2D eigenvalue weighted by atomic mass is 10.0. The van der Waals surface area contributed by atoms with Gasteiger partial charge in [-0.1, -0.05) is 30.3 Å². The number of amides is 1. The fourth-order valence-corrected chi connectivity index (χ4v) is 2.81. The number of aliphatic hydroxyl groups excluding tert-OH is 1. The van der Waals surface area contributed by atoms with E-state index >= 15 is 0 Å². The highest BCUT2D eigenvalue weighted by atomic mass is 16.5. The molecule has 2 aromatic rings. The van der Waals surface area contributed by atoms with Gasteiger partial charge in [0.2, 0.25) is 0 Å². The third kappa shape index (κ3) is 4.45. The Bertz CT molecular complexity index is 719. The van der Waals surface area contributed by atoms with Crippen LogP contribution in [0.3, 0.4) is 0 Å². The van der Waals surface area contributed by atoms with Crippen LogP contribution in [0.4, 0.5) is 0 Å². The molecule has 5 nitrogen and oxygen atoms in total. The smallest absolute Gasteiger partial charge is 0.260 e. The van der Waals surface area contributed by atoms with E-state index in [4.69, 9.17) is 4.74 Å². The number of piperidine rings is 1. The van der Waals surface area contributed by atoms with Gasteiger partial charge in [-0.05, 0) is 37.1 Å². The fraction of sp³-hybridized carbons (Fsp3) is 0.300. The van der Waals surface area contributed by atoms with E-state index in [1.165, 1.54) is 0 Å². The van der Waals surface area contributed by atoms with Crippen LogP contribution in [0.5, 0.6) is 5.75 Å². The summed E-state index contributed by atoms with van der Waals surface area (Å²) in [7, 11) is 0. The van der Waals surface area contributed by atoms with Crippen LogP contribution >= 0.6 is 0 Å². The van der Waals surface area contributed by atoms with Crippen LogP contribution < -0.4 is 4.74 Å². The molecule has 5 heteroatoms. The van der Waals surface area contributed by atoms with Crippen molar-refractivity contribution in [1.82, 2.24) is 4.90 Å². The van der Waals surface area contributed by atoms with E-state index < -0.39 is 0 Å². The molecule has 1 amide bonds. The number of ketones is 1. The van der Waals surface area contributed by atoms with Crippen molar-refractivity contribution < 1.29 is 19.4 Å². The van der Waals surface area contributed by atoms with Gasteiger partial charge in [0, 0.05) is 24.2 Å². The van der Waals surface area contributed by atoms with Gasteiger partial charge in [-0.2, -0.15) is 0 Å². The first-order valence-corrected chi connectivity index (χ1v) is 8.42. The van der Waals surface area contributed by atoms with Crippen LogP contribution in [-0.2, 0) is 4.79 Å². The van der Waals surface area contributed by atoms with Gasteiger partial charge in [0.05, 0.1) is 6.10 Å². The lowest BCUT2D eigenvalue weighted by Gasteiger charge is -2.29. The van der Waals surface area contributed by atoms with Crippen molar-refractivity contribution in [1.29, 1.82) is 0 Å². The minimum absolute atomic E-state index is 0.0396. The maximum Gasteiger partial charge on any atom is 0.260 e. The summed E-state index contributed by atoms with van der Waals surface area (Å²) in [6.07, 6.45) is 0.920. The van der Waals surface area contributed by atoms with Crippen LogP contribution in [0.1, 0.15) is 28.8 Å². The first-order valence-electron chi connectivity index (χ1n) is 8.42. The molecule has 0 atom stereocenters. The Morgan fingerprint density at radius 1 is 0.960 bits per heavy atom. The van der Waals surface area contributed by atoms with Crippen molar-refractivity contribution >= 4 is 11.7 Å². The number of rotatable bonds is 5. The Labute approximate surface area is 146 Å². The predicted molar refractivity (Wildman–Crippen MR) is 93.6 cm³/mol. The highest BCUT2D eigenvalue weighted by Gasteiger charge is 2.21. The number of ether oxygens (including phenoxy) is 1. The Morgan fingerprint density at radius 3 is 2.20 bits per heavy atom. The second-order valence-electron chi connectivity index (χ2n) is 6.12. The third-order valence-electron chi connectivity index (χ3n) is 4.33. The zero-order chi connectivity index (χ0) is 17.6. The number of carbonyl (C=O) groups excluding carboxylic acids is 2. The van der Waals surface area contributed by atoms with Crippen molar-refractivity contribution in [3.63, 3.8) is 0 Å². The molecule has 1 aliphatic rings. The summed E-state index contributed by atoms with van der Waals surface area (Å²) >= 11 is 0. The van der Waals surface area contributed by atoms with Gasteiger partial charge in [0.25, 0.3) is 5.91 Å². The molecule has 0 spiro atoms. The van der Waals surface area contributed by atoms with E-state index in [9.17, 15) is 14.7 Å². The highest BCUT2D eigenvalue weighted by molar-refractivity contribution is 6.08. The van der Waals surface area contributed by atoms with Gasteiger partial charge in [-0.25, -0.2) is 0 Å². The number of aliphatic hydroxyl groups is 1. The van der Waals surface area contributed by atoms with E-state index in [-0.39, 0.29) is 24.4 Å². The van der Waals surface area contributed by atoms with Gasteiger partial charge in [-0.15, -0.1) is 0 Å². The number of hydrogen-bond acceptors (Lipinski definition) is 4. The molecular weight excluding hydrogens is 318 g/mol. The number of benzene rings is 2. The summed E-state index contributed by atoms with van der Waals surface area (Å²) in [5.41, 5.74) is 1.22. The first-order chi connectivity index (χ1) is 12.1. The summed E-state index contributed by atoms with van der Waals surface area (Å²) in [5, 5.41) is 9.47. The Kier molecular flexibility index (Phi) is 5.46. The molecule has 0 radical (unpaired) electrons. The van der Waals surface area contributed by atoms with E-state index in [0.29, 0.717) is 42.8 Å². The second-order valence-corrected chi connectivity index (χ2v) is 6.12. The van der Waals surface area contributed by atoms with Crippen LogP contribution in [0.15, 0.2) is 54.6 Å². The van der Waals surface area contributed by atoms with Gasteiger partial charge >= 0.3 is 0 Å². The molecule has 1 N–H and O–H groups in total. The molecule has 25 heavy (non-hydrogen) atoms. The molecule has 0 unspecified atom stereocenters. The van der Waals surface area contributed by atoms with Crippen molar-refractivity contribution in [2.75, 3.05) is 19.7 Å². The predicted octanol–water partition coefficient (Wildman–Crippen LogP) is 2.28. The SMILES string of the molecule is O=C(c1ccccc1)c1ccc(OCC(=O)N2CCC(O)CC2)cc1. The molecule has 130 valence electrons. The third-order valence-corrected chi connectivity index (χ3v) is 4.33. The Hall–Kier alpha value is -2.66. The van der Waals surface area contributed by atoms with Crippen molar-refractivity contribution in [2.24, 2.45) is 0 Å². The van der Waals surface area contributed by atoms with Crippen LogP contribution in [0.25, 0.3) is 0 Å². The summed E-state index contributed by atoms with van der Waals surface area (Å²) in [5.74, 6) is 0.418. The highest BCUT2D eigenvalue weighted by Crippen LogP contribution is 2.16. The molecule has 1 saturated heterocycles. The average Bonchev–Trinajstić information content (AvgIpc) is 2.67. The van der Waals surface area contributed by atoms with Crippen LogP contribution in [0, 0.1) is 0 Å². The molecule has 0 bridgehead atoms. The van der Waals surface area contributed by atoms with E-state index in [2.05, 4.69) is 0 Å². The lowest BCUT2D eigenvalue weighted by molar-refractivity contribution is -0.135. The van der Waals surface area contributed by atoms with Gasteiger partial charge in [0.15, 0.2) is 12.4 Å². The van der Waals surface area contributed by atoms with E-state index in [1.807, 2.05) is 18.2 Å². The van der Waals surface area contributed by atoms with Crippen LogP contribution in [0.2, 0.25) is 0 Å². The fourth-order valence-electron chi connectivity index (χ4n) is 2.81. The Balaban J connectivity index is 1.54. The zero-order valence-corrected chi connectivity index (χ0v) is 13.9. The second kappa shape index (κ2) is 7.94. The molecule has 3 rings (SSSR count). The quantitative estimate of drug-likeness (QED) is 0.849. The number of carbonyl (C=O) groups is 2. The van der Waals surface area contributed by atoms with E-state index in [0.717, 1.165) is 0 Å². The molecular formula is C20H21NO4. The van der Waals surface area contributed by atoms with Gasteiger partial charge in [0.1, 0.15) is 5.75 Å². The lowest BCUT2D eigenvalue weighted by Crippen LogP contribution is -2.42. The van der Waals surface area contributed by atoms with Crippen molar-refractivity contribution in [3.8, 4) is 5.75 Å². The molecule has 1 fully saturated rings. The standard InChI is InChI=1S/C20H21NO4/c22-17-10-12-21(13-11-17)19(23)14-25-18-8-6-16(7-9-18)20(24)15-4-2-1-3-5-15/h1-9,17,22H,10-14H2. The zero-order valence-electron chi connectivity index (χ0n) is 13.9. The van der Waals surface area contributed by atoms with Gasteiger partial charge in [-0.3, -0.25) is 9.59 Å². The average molecular weight is 339 g/mol. The molecule has 0 aromatic heterocycles. The molecule has 1 aliphatic heterocycles.